The fourth-order valence-corrected chi connectivity index (χ4v) is 3.82. The molecule has 0 bridgehead atoms. The van der Waals surface area contributed by atoms with Crippen LogP contribution in [0.15, 0.2) is 60.9 Å². The lowest BCUT2D eigenvalue weighted by Gasteiger charge is -2.19. The first-order chi connectivity index (χ1) is 12.8. The van der Waals surface area contributed by atoms with Crippen molar-refractivity contribution in [2.75, 3.05) is 22.9 Å². The first-order valence-electron chi connectivity index (χ1n) is 8.88. The second kappa shape index (κ2) is 5.95. The quantitative estimate of drug-likeness (QED) is 0.716. The number of aromatic nitrogens is 2. The molecule has 0 unspecified atom stereocenters. The number of anilines is 3. The molecule has 2 aliphatic rings. The van der Waals surface area contributed by atoms with Crippen molar-refractivity contribution in [3.8, 4) is 0 Å². The number of amides is 1. The molecule has 0 radical (unpaired) electrons. The molecule has 128 valence electrons. The lowest BCUT2D eigenvalue weighted by molar-refractivity contribution is 0.0988. The molecular weight excluding hydrogens is 324 g/mol. The second-order valence-corrected chi connectivity index (χ2v) is 6.64. The third-order valence-corrected chi connectivity index (χ3v) is 5.15. The monoisotopic (exact) mass is 342 g/mol. The van der Waals surface area contributed by atoms with Crippen LogP contribution in [-0.4, -0.2) is 29.0 Å². The topological polar surface area (TPSA) is 49.3 Å². The van der Waals surface area contributed by atoms with Gasteiger partial charge in [-0.3, -0.25) is 4.79 Å². The molecule has 0 spiro atoms. The molecule has 1 aromatic heterocycles. The molecule has 0 saturated carbocycles. The number of rotatable bonds is 2. The first-order valence-corrected chi connectivity index (χ1v) is 8.88. The van der Waals surface area contributed by atoms with E-state index >= 15 is 0 Å². The summed E-state index contributed by atoms with van der Waals surface area (Å²) in [4.78, 5) is 25.7. The summed E-state index contributed by atoms with van der Waals surface area (Å²) in [5, 5.41) is 0. The number of para-hydroxylation sites is 2. The highest BCUT2D eigenvalue weighted by atomic mass is 16.2. The highest BCUT2D eigenvalue weighted by Crippen LogP contribution is 2.32. The van der Waals surface area contributed by atoms with E-state index in [0.717, 1.165) is 30.8 Å². The summed E-state index contributed by atoms with van der Waals surface area (Å²) in [6, 6.07) is 16.4. The lowest BCUT2D eigenvalue weighted by atomic mass is 10.2. The average molecular weight is 342 g/mol. The normalized spacial score (nSPS) is 15.1. The van der Waals surface area contributed by atoms with Crippen LogP contribution in [0.25, 0.3) is 0 Å². The molecular formula is C21H18N4O. The predicted octanol–water partition coefficient (Wildman–Crippen LogP) is 3.37. The van der Waals surface area contributed by atoms with Gasteiger partial charge in [-0.2, -0.15) is 0 Å². The second-order valence-electron chi connectivity index (χ2n) is 6.64. The molecule has 26 heavy (non-hydrogen) atoms. The van der Waals surface area contributed by atoms with Crippen molar-refractivity contribution in [2.24, 2.45) is 0 Å². The summed E-state index contributed by atoms with van der Waals surface area (Å²) < 4.78 is 0. The van der Waals surface area contributed by atoms with Crippen LogP contribution >= 0.6 is 0 Å². The van der Waals surface area contributed by atoms with Crippen LogP contribution in [0.4, 0.5) is 17.3 Å². The van der Waals surface area contributed by atoms with E-state index in [9.17, 15) is 4.79 Å². The van der Waals surface area contributed by atoms with Gasteiger partial charge in [0, 0.05) is 36.9 Å². The smallest absolute Gasteiger partial charge is 0.261 e. The Kier molecular flexibility index (Phi) is 3.45. The third-order valence-electron chi connectivity index (χ3n) is 5.15. The maximum Gasteiger partial charge on any atom is 0.261 e. The van der Waals surface area contributed by atoms with E-state index in [0.29, 0.717) is 18.1 Å². The summed E-state index contributed by atoms with van der Waals surface area (Å²) in [5.41, 5.74) is 5.20. The van der Waals surface area contributed by atoms with Gasteiger partial charge in [0.15, 0.2) is 0 Å². The van der Waals surface area contributed by atoms with E-state index < -0.39 is 0 Å². The largest absolute Gasteiger partial charge is 0.310 e. The van der Waals surface area contributed by atoms with Crippen molar-refractivity contribution in [3.63, 3.8) is 0 Å². The van der Waals surface area contributed by atoms with Gasteiger partial charge in [0.05, 0.1) is 5.56 Å². The van der Waals surface area contributed by atoms with E-state index in [2.05, 4.69) is 39.1 Å². The summed E-state index contributed by atoms with van der Waals surface area (Å²) in [6.07, 6.45) is 5.18. The Hall–Kier alpha value is -3.21. The van der Waals surface area contributed by atoms with Gasteiger partial charge in [-0.15, -0.1) is 0 Å². The van der Waals surface area contributed by atoms with Gasteiger partial charge in [-0.1, -0.05) is 36.4 Å². The van der Waals surface area contributed by atoms with E-state index in [4.69, 9.17) is 0 Å². The lowest BCUT2D eigenvalue weighted by Crippen LogP contribution is -2.29. The number of carbonyl (C=O) groups excluding carboxylic acids is 1. The zero-order chi connectivity index (χ0) is 17.5. The van der Waals surface area contributed by atoms with E-state index in [1.165, 1.54) is 11.1 Å². The standard InChI is InChI=1S/C21H18N4O/c26-20(24-11-9-15-5-1-3-7-18(15)24)17-13-22-21(23-14-17)25-12-10-16-6-2-4-8-19(16)25/h1-8,13-14H,9-12H2. The molecule has 5 heteroatoms. The summed E-state index contributed by atoms with van der Waals surface area (Å²) in [5.74, 6) is 0.608. The molecule has 0 N–H and O–H groups in total. The van der Waals surface area contributed by atoms with Crippen LogP contribution in [-0.2, 0) is 12.8 Å². The molecule has 2 aliphatic heterocycles. The number of carbonyl (C=O) groups is 1. The van der Waals surface area contributed by atoms with Crippen LogP contribution in [0, 0.1) is 0 Å². The SMILES string of the molecule is O=C(c1cnc(N2CCc3ccccc32)nc1)N1CCc2ccccc21. The predicted molar refractivity (Wildman–Crippen MR) is 101 cm³/mol. The van der Waals surface area contributed by atoms with Crippen molar-refractivity contribution in [1.29, 1.82) is 0 Å². The Morgan fingerprint density at radius 1 is 0.808 bits per heavy atom. The van der Waals surface area contributed by atoms with Gasteiger partial charge in [0.2, 0.25) is 5.95 Å². The molecule has 0 aliphatic carbocycles. The van der Waals surface area contributed by atoms with E-state index in [1.807, 2.05) is 29.2 Å². The molecule has 3 aromatic rings. The van der Waals surface area contributed by atoms with Crippen molar-refractivity contribution in [3.05, 3.63) is 77.6 Å². The van der Waals surface area contributed by atoms with E-state index in [1.54, 1.807) is 12.4 Å². The maximum atomic E-state index is 12.9. The number of hydrogen-bond donors (Lipinski definition) is 0. The minimum absolute atomic E-state index is 0.0386. The molecule has 5 rings (SSSR count). The molecule has 2 aromatic carbocycles. The van der Waals surface area contributed by atoms with Crippen LogP contribution < -0.4 is 9.80 Å². The van der Waals surface area contributed by atoms with Crippen LogP contribution in [0.1, 0.15) is 21.5 Å². The number of hydrogen-bond acceptors (Lipinski definition) is 4. The van der Waals surface area contributed by atoms with Crippen molar-refractivity contribution in [1.82, 2.24) is 9.97 Å². The molecule has 0 atom stereocenters. The minimum Gasteiger partial charge on any atom is -0.310 e. The highest BCUT2D eigenvalue weighted by molar-refractivity contribution is 6.07. The Bertz CT molecular complexity index is 983. The van der Waals surface area contributed by atoms with Gasteiger partial charge in [0.25, 0.3) is 5.91 Å². The highest BCUT2D eigenvalue weighted by Gasteiger charge is 2.26. The number of nitrogens with zero attached hydrogens (tertiary/aromatic N) is 4. The minimum atomic E-state index is -0.0386. The fourth-order valence-electron chi connectivity index (χ4n) is 3.82. The van der Waals surface area contributed by atoms with Crippen LogP contribution in [0.5, 0.6) is 0 Å². The summed E-state index contributed by atoms with van der Waals surface area (Å²) in [6.45, 7) is 1.57. The fraction of sp³-hybridized carbons (Fsp3) is 0.190. The van der Waals surface area contributed by atoms with Gasteiger partial charge in [-0.05, 0) is 36.1 Å². The average Bonchev–Trinajstić information content (AvgIpc) is 3.32. The van der Waals surface area contributed by atoms with Crippen molar-refractivity contribution < 1.29 is 4.79 Å². The zero-order valence-corrected chi connectivity index (χ0v) is 14.3. The van der Waals surface area contributed by atoms with E-state index in [-0.39, 0.29) is 5.91 Å². The van der Waals surface area contributed by atoms with Crippen LogP contribution in [0.3, 0.4) is 0 Å². The van der Waals surface area contributed by atoms with Gasteiger partial charge in [0.1, 0.15) is 0 Å². The molecule has 0 saturated heterocycles. The molecule has 3 heterocycles. The Morgan fingerprint density at radius 2 is 1.42 bits per heavy atom. The van der Waals surface area contributed by atoms with Crippen molar-refractivity contribution in [2.45, 2.75) is 12.8 Å². The Balaban J connectivity index is 1.40. The Morgan fingerprint density at radius 3 is 2.19 bits per heavy atom. The maximum absolute atomic E-state index is 12.9. The van der Waals surface area contributed by atoms with Gasteiger partial charge < -0.3 is 9.80 Å². The van der Waals surface area contributed by atoms with Gasteiger partial charge >= 0.3 is 0 Å². The molecule has 5 nitrogen and oxygen atoms in total. The first kappa shape index (κ1) is 15.1. The number of fused-ring (bicyclic) bond motifs is 2. The summed E-state index contributed by atoms with van der Waals surface area (Å²) in [7, 11) is 0. The molecule has 0 fully saturated rings. The van der Waals surface area contributed by atoms with Gasteiger partial charge in [-0.25, -0.2) is 9.97 Å². The zero-order valence-electron chi connectivity index (χ0n) is 14.3. The number of benzene rings is 2. The van der Waals surface area contributed by atoms with Crippen molar-refractivity contribution >= 4 is 23.2 Å². The summed E-state index contributed by atoms with van der Waals surface area (Å²) >= 11 is 0. The molecule has 1 amide bonds. The Labute approximate surface area is 151 Å². The third kappa shape index (κ3) is 2.36. The van der Waals surface area contributed by atoms with Crippen LogP contribution in [0.2, 0.25) is 0 Å².